The SMILES string of the molecule is O=C(O)CC(F)(F)CC1CC1. The number of halogens is 2. The smallest absolute Gasteiger partial charge is 0.309 e. The molecule has 0 aromatic carbocycles. The van der Waals surface area contributed by atoms with Gasteiger partial charge in [-0.1, -0.05) is 0 Å². The van der Waals surface area contributed by atoms with Crippen LogP contribution in [0.2, 0.25) is 0 Å². The van der Waals surface area contributed by atoms with Gasteiger partial charge in [-0.3, -0.25) is 4.79 Å². The molecule has 1 N–H and O–H groups in total. The molecule has 1 aliphatic rings. The quantitative estimate of drug-likeness (QED) is 0.688. The van der Waals surface area contributed by atoms with Gasteiger partial charge in [0.05, 0.1) is 0 Å². The van der Waals surface area contributed by atoms with Crippen LogP contribution in [0.1, 0.15) is 25.7 Å². The first kappa shape index (κ1) is 8.43. The fourth-order valence-electron chi connectivity index (χ4n) is 1.04. The van der Waals surface area contributed by atoms with E-state index in [4.69, 9.17) is 5.11 Å². The second-order valence-electron chi connectivity index (χ2n) is 3.07. The summed E-state index contributed by atoms with van der Waals surface area (Å²) < 4.78 is 25.2. The van der Waals surface area contributed by atoms with E-state index in [1.54, 1.807) is 0 Å². The van der Waals surface area contributed by atoms with Gasteiger partial charge in [0.25, 0.3) is 5.92 Å². The predicted molar refractivity (Wildman–Crippen MR) is 34.5 cm³/mol. The number of hydrogen-bond acceptors (Lipinski definition) is 1. The van der Waals surface area contributed by atoms with Gasteiger partial charge in [-0.05, 0) is 18.8 Å². The Bertz CT molecular complexity index is 164. The van der Waals surface area contributed by atoms with Crippen molar-refractivity contribution in [1.82, 2.24) is 0 Å². The van der Waals surface area contributed by atoms with Crippen LogP contribution in [-0.2, 0) is 4.79 Å². The molecule has 0 radical (unpaired) electrons. The van der Waals surface area contributed by atoms with Crippen molar-refractivity contribution in [2.45, 2.75) is 31.6 Å². The van der Waals surface area contributed by atoms with Crippen molar-refractivity contribution in [1.29, 1.82) is 0 Å². The maximum atomic E-state index is 12.6. The molecule has 1 saturated carbocycles. The number of hydrogen-bond donors (Lipinski definition) is 1. The van der Waals surface area contributed by atoms with Crippen molar-refractivity contribution in [2.24, 2.45) is 5.92 Å². The van der Waals surface area contributed by atoms with E-state index in [1.165, 1.54) is 0 Å². The van der Waals surface area contributed by atoms with Gasteiger partial charge in [-0.25, -0.2) is 8.78 Å². The molecule has 0 saturated heterocycles. The zero-order chi connectivity index (χ0) is 8.48. The Labute approximate surface area is 63.2 Å². The number of carboxylic acid groups (broad SMARTS) is 1. The zero-order valence-corrected chi connectivity index (χ0v) is 6.02. The minimum Gasteiger partial charge on any atom is -0.481 e. The molecule has 0 amide bonds. The van der Waals surface area contributed by atoms with Gasteiger partial charge in [-0.15, -0.1) is 0 Å². The molecule has 0 spiro atoms. The summed E-state index contributed by atoms with van der Waals surface area (Å²) in [7, 11) is 0. The molecule has 1 rings (SSSR count). The number of carbonyl (C=O) groups is 1. The lowest BCUT2D eigenvalue weighted by Crippen LogP contribution is -2.21. The first-order valence-electron chi connectivity index (χ1n) is 3.59. The average molecular weight is 164 g/mol. The van der Waals surface area contributed by atoms with Gasteiger partial charge in [0.2, 0.25) is 0 Å². The lowest BCUT2D eigenvalue weighted by molar-refractivity contribution is -0.145. The van der Waals surface area contributed by atoms with E-state index in [9.17, 15) is 13.6 Å². The summed E-state index contributed by atoms with van der Waals surface area (Å²) in [6.07, 6.45) is 0.382. The largest absolute Gasteiger partial charge is 0.481 e. The Kier molecular flexibility index (Phi) is 2.11. The first-order valence-corrected chi connectivity index (χ1v) is 3.59. The summed E-state index contributed by atoms with van der Waals surface area (Å²) in [6.45, 7) is 0. The van der Waals surface area contributed by atoms with Gasteiger partial charge < -0.3 is 5.11 Å². The second kappa shape index (κ2) is 2.75. The summed E-state index contributed by atoms with van der Waals surface area (Å²) >= 11 is 0. The van der Waals surface area contributed by atoms with Crippen LogP contribution in [0.3, 0.4) is 0 Å². The van der Waals surface area contributed by atoms with Gasteiger partial charge in [-0.2, -0.15) is 0 Å². The van der Waals surface area contributed by atoms with E-state index in [-0.39, 0.29) is 12.3 Å². The third-order valence-corrected chi connectivity index (χ3v) is 1.69. The molecule has 1 aliphatic carbocycles. The maximum absolute atomic E-state index is 12.6. The molecule has 2 nitrogen and oxygen atoms in total. The number of carboxylic acids is 1. The first-order chi connectivity index (χ1) is 4.99. The molecular formula is C7H10F2O2. The van der Waals surface area contributed by atoms with Crippen LogP contribution in [0.4, 0.5) is 8.78 Å². The standard InChI is InChI=1S/C7H10F2O2/c8-7(9,4-6(10)11)3-5-1-2-5/h5H,1-4H2,(H,10,11). The molecule has 0 heterocycles. The molecule has 11 heavy (non-hydrogen) atoms. The Morgan fingerprint density at radius 1 is 1.55 bits per heavy atom. The molecule has 0 aromatic rings. The Morgan fingerprint density at radius 3 is 2.45 bits per heavy atom. The van der Waals surface area contributed by atoms with Gasteiger partial charge in [0.1, 0.15) is 6.42 Å². The second-order valence-corrected chi connectivity index (χ2v) is 3.07. The normalized spacial score (nSPS) is 18.4. The average Bonchev–Trinajstić information content (AvgIpc) is 2.43. The topological polar surface area (TPSA) is 37.3 Å². The number of rotatable bonds is 4. The third kappa shape index (κ3) is 3.30. The number of aliphatic carboxylic acids is 1. The lowest BCUT2D eigenvalue weighted by Gasteiger charge is -2.12. The summed E-state index contributed by atoms with van der Waals surface area (Å²) in [5.41, 5.74) is 0. The van der Waals surface area contributed by atoms with Crippen LogP contribution in [0.15, 0.2) is 0 Å². The molecule has 0 unspecified atom stereocenters. The monoisotopic (exact) mass is 164 g/mol. The van der Waals surface area contributed by atoms with Crippen molar-refractivity contribution < 1.29 is 18.7 Å². The molecule has 64 valence electrons. The molecule has 0 bridgehead atoms. The lowest BCUT2D eigenvalue weighted by atomic mass is 10.1. The van der Waals surface area contributed by atoms with Crippen LogP contribution in [0, 0.1) is 5.92 Å². The molecule has 1 fully saturated rings. The van der Waals surface area contributed by atoms with Crippen molar-refractivity contribution >= 4 is 5.97 Å². The zero-order valence-electron chi connectivity index (χ0n) is 6.02. The summed E-state index contributed by atoms with van der Waals surface area (Å²) in [5, 5.41) is 8.10. The van der Waals surface area contributed by atoms with Crippen molar-refractivity contribution in [3.63, 3.8) is 0 Å². The summed E-state index contributed by atoms with van der Waals surface area (Å²) in [5.74, 6) is -4.34. The molecule has 4 heteroatoms. The molecule has 0 aromatic heterocycles. The van der Waals surface area contributed by atoms with Crippen molar-refractivity contribution in [2.75, 3.05) is 0 Å². The Hall–Kier alpha value is -0.670. The van der Waals surface area contributed by atoms with E-state index in [0.29, 0.717) is 0 Å². The van der Waals surface area contributed by atoms with Gasteiger partial charge in [0, 0.05) is 6.42 Å². The minimum atomic E-state index is -2.99. The highest BCUT2D eigenvalue weighted by molar-refractivity contribution is 5.67. The fourth-order valence-corrected chi connectivity index (χ4v) is 1.04. The van der Waals surface area contributed by atoms with E-state index < -0.39 is 18.3 Å². The minimum absolute atomic E-state index is 0.0735. The summed E-state index contributed by atoms with van der Waals surface area (Å²) in [6, 6.07) is 0. The van der Waals surface area contributed by atoms with E-state index in [1.807, 2.05) is 0 Å². The van der Waals surface area contributed by atoms with Gasteiger partial charge >= 0.3 is 5.97 Å². The molecule has 0 atom stereocenters. The van der Waals surface area contributed by atoms with Gasteiger partial charge in [0.15, 0.2) is 0 Å². The highest BCUT2D eigenvalue weighted by Gasteiger charge is 2.38. The van der Waals surface area contributed by atoms with Crippen LogP contribution in [-0.4, -0.2) is 17.0 Å². The van der Waals surface area contributed by atoms with E-state index >= 15 is 0 Å². The fraction of sp³-hybridized carbons (Fsp3) is 0.857. The van der Waals surface area contributed by atoms with Crippen LogP contribution < -0.4 is 0 Å². The highest BCUT2D eigenvalue weighted by atomic mass is 19.3. The maximum Gasteiger partial charge on any atom is 0.309 e. The third-order valence-electron chi connectivity index (χ3n) is 1.69. The molecule has 0 aliphatic heterocycles. The van der Waals surface area contributed by atoms with E-state index in [2.05, 4.69) is 0 Å². The highest BCUT2D eigenvalue weighted by Crippen LogP contribution is 2.40. The van der Waals surface area contributed by atoms with Crippen molar-refractivity contribution in [3.8, 4) is 0 Å². The van der Waals surface area contributed by atoms with Crippen molar-refractivity contribution in [3.05, 3.63) is 0 Å². The van der Waals surface area contributed by atoms with E-state index in [0.717, 1.165) is 12.8 Å². The Morgan fingerprint density at radius 2 is 2.09 bits per heavy atom. The summed E-state index contributed by atoms with van der Waals surface area (Å²) in [4.78, 5) is 9.94. The van der Waals surface area contributed by atoms with Crippen LogP contribution in [0.25, 0.3) is 0 Å². The number of alkyl halides is 2. The Balaban J connectivity index is 2.30. The van der Waals surface area contributed by atoms with Crippen LogP contribution in [0.5, 0.6) is 0 Å². The molecular weight excluding hydrogens is 154 g/mol. The van der Waals surface area contributed by atoms with Crippen LogP contribution >= 0.6 is 0 Å². The predicted octanol–water partition coefficient (Wildman–Crippen LogP) is 1.90.